The van der Waals surface area contributed by atoms with E-state index in [4.69, 9.17) is 16.3 Å². The molecule has 1 aliphatic rings. The van der Waals surface area contributed by atoms with E-state index in [1.807, 2.05) is 12.1 Å². The lowest BCUT2D eigenvalue weighted by Gasteiger charge is -2.30. The molecular weight excluding hydrogens is 450 g/mol. The first-order valence-electron chi connectivity index (χ1n) is 10.7. The summed E-state index contributed by atoms with van der Waals surface area (Å²) in [4.78, 5) is 16.3. The van der Waals surface area contributed by atoms with E-state index in [1.165, 1.54) is 22.1 Å². The molecular formula is C23H30ClN3O4S. The highest BCUT2D eigenvalue weighted by Crippen LogP contribution is 2.27. The first-order chi connectivity index (χ1) is 15.1. The van der Waals surface area contributed by atoms with Gasteiger partial charge in [-0.1, -0.05) is 44.5 Å². The lowest BCUT2D eigenvalue weighted by molar-refractivity contribution is -0.126. The van der Waals surface area contributed by atoms with Crippen molar-refractivity contribution in [1.29, 1.82) is 0 Å². The molecule has 0 atom stereocenters. The van der Waals surface area contributed by atoms with Gasteiger partial charge in [-0.2, -0.15) is 4.31 Å². The normalized spacial score (nSPS) is 16.0. The molecule has 174 valence electrons. The summed E-state index contributed by atoms with van der Waals surface area (Å²) in [6, 6.07) is 11.0. The summed E-state index contributed by atoms with van der Waals surface area (Å²) in [6.07, 6.45) is 2.36. The van der Waals surface area contributed by atoms with Crippen molar-refractivity contribution in [3.8, 4) is 5.75 Å². The average molecular weight is 480 g/mol. The number of sulfonamides is 1. The SMILES string of the molecule is CC(C)(C)c1ccc(OCCNC(=O)C2CCN(S(=O)(=O)c3cccnc3Cl)CC2)cc1. The third-order valence-electron chi connectivity index (χ3n) is 5.56. The van der Waals surface area contributed by atoms with Crippen molar-refractivity contribution >= 4 is 27.5 Å². The quantitative estimate of drug-likeness (QED) is 0.484. The van der Waals surface area contributed by atoms with Crippen molar-refractivity contribution in [3.05, 3.63) is 53.3 Å². The molecule has 1 fully saturated rings. The van der Waals surface area contributed by atoms with Gasteiger partial charge in [-0.05, 0) is 48.1 Å². The average Bonchev–Trinajstić information content (AvgIpc) is 2.76. The van der Waals surface area contributed by atoms with Crippen molar-refractivity contribution < 1.29 is 17.9 Å². The van der Waals surface area contributed by atoms with Gasteiger partial charge in [0.1, 0.15) is 22.4 Å². The fourth-order valence-electron chi connectivity index (χ4n) is 3.60. The van der Waals surface area contributed by atoms with Gasteiger partial charge in [-0.15, -0.1) is 0 Å². The van der Waals surface area contributed by atoms with Crippen LogP contribution in [-0.4, -0.2) is 49.9 Å². The Bertz CT molecular complexity index is 1030. The number of hydrogen-bond acceptors (Lipinski definition) is 5. The van der Waals surface area contributed by atoms with Crippen molar-refractivity contribution in [2.75, 3.05) is 26.2 Å². The largest absolute Gasteiger partial charge is 0.492 e. The maximum Gasteiger partial charge on any atom is 0.246 e. The number of nitrogens with zero attached hydrogens (tertiary/aromatic N) is 2. The molecule has 1 saturated heterocycles. The van der Waals surface area contributed by atoms with Gasteiger partial charge in [-0.3, -0.25) is 4.79 Å². The smallest absolute Gasteiger partial charge is 0.246 e. The predicted molar refractivity (Wildman–Crippen MR) is 124 cm³/mol. The number of benzene rings is 1. The molecule has 0 unspecified atom stereocenters. The molecule has 0 bridgehead atoms. The first kappa shape index (κ1) is 24.5. The van der Waals surface area contributed by atoms with Crippen LogP contribution in [0.4, 0.5) is 0 Å². The molecule has 1 aromatic heterocycles. The van der Waals surface area contributed by atoms with E-state index >= 15 is 0 Å². The Morgan fingerprint density at radius 3 is 2.44 bits per heavy atom. The van der Waals surface area contributed by atoms with Crippen molar-refractivity contribution in [1.82, 2.24) is 14.6 Å². The van der Waals surface area contributed by atoms with E-state index in [0.29, 0.717) is 26.0 Å². The van der Waals surface area contributed by atoms with Crippen LogP contribution in [0.3, 0.4) is 0 Å². The van der Waals surface area contributed by atoms with Crippen LogP contribution in [0.25, 0.3) is 0 Å². The molecule has 3 rings (SSSR count). The van der Waals surface area contributed by atoms with Crippen LogP contribution >= 0.6 is 11.6 Å². The van der Waals surface area contributed by atoms with Crippen LogP contribution in [0.2, 0.25) is 5.15 Å². The number of hydrogen-bond donors (Lipinski definition) is 1. The molecule has 1 N–H and O–H groups in total. The number of nitrogens with one attached hydrogen (secondary N) is 1. The zero-order valence-electron chi connectivity index (χ0n) is 18.7. The van der Waals surface area contributed by atoms with Gasteiger partial charge in [0, 0.05) is 25.2 Å². The minimum Gasteiger partial charge on any atom is -0.492 e. The second-order valence-electron chi connectivity index (χ2n) is 8.88. The first-order valence-corrected chi connectivity index (χ1v) is 12.5. The third-order valence-corrected chi connectivity index (χ3v) is 7.90. The summed E-state index contributed by atoms with van der Waals surface area (Å²) < 4.78 is 32.7. The lowest BCUT2D eigenvalue weighted by Crippen LogP contribution is -2.43. The van der Waals surface area contributed by atoms with E-state index in [0.717, 1.165) is 5.75 Å². The number of ether oxygens (including phenoxy) is 1. The van der Waals surface area contributed by atoms with Crippen molar-refractivity contribution in [2.45, 2.75) is 43.9 Å². The molecule has 32 heavy (non-hydrogen) atoms. The van der Waals surface area contributed by atoms with Gasteiger partial charge < -0.3 is 10.1 Å². The molecule has 2 aromatic rings. The van der Waals surface area contributed by atoms with E-state index < -0.39 is 10.0 Å². The molecule has 7 nitrogen and oxygen atoms in total. The molecule has 0 aliphatic carbocycles. The van der Waals surface area contributed by atoms with Crippen LogP contribution in [0, 0.1) is 5.92 Å². The standard InChI is InChI=1S/C23H30ClN3O4S/c1-23(2,3)18-6-8-19(9-7-18)31-16-13-26-22(28)17-10-14-27(15-11-17)32(29,30)20-5-4-12-25-21(20)24/h4-9,12,17H,10-11,13-16H2,1-3H3,(H,26,28). The topological polar surface area (TPSA) is 88.6 Å². The Balaban J connectivity index is 1.42. The summed E-state index contributed by atoms with van der Waals surface area (Å²) in [5.41, 5.74) is 1.32. The number of carbonyl (C=O) groups excluding carboxylic acids is 1. The van der Waals surface area contributed by atoms with Gasteiger partial charge in [0.2, 0.25) is 15.9 Å². The fraction of sp³-hybridized carbons (Fsp3) is 0.478. The highest BCUT2D eigenvalue weighted by atomic mass is 35.5. The zero-order chi connectivity index (χ0) is 23.4. The summed E-state index contributed by atoms with van der Waals surface area (Å²) >= 11 is 5.96. The zero-order valence-corrected chi connectivity index (χ0v) is 20.2. The summed E-state index contributed by atoms with van der Waals surface area (Å²) in [6.45, 7) is 7.77. The van der Waals surface area contributed by atoms with Gasteiger partial charge >= 0.3 is 0 Å². The number of pyridine rings is 1. The Hall–Kier alpha value is -2.16. The van der Waals surface area contributed by atoms with E-state index in [9.17, 15) is 13.2 Å². The monoisotopic (exact) mass is 479 g/mol. The fourth-order valence-corrected chi connectivity index (χ4v) is 5.50. The third kappa shape index (κ3) is 5.99. The molecule has 0 spiro atoms. The van der Waals surface area contributed by atoms with Crippen LogP contribution in [0.5, 0.6) is 5.75 Å². The van der Waals surface area contributed by atoms with Gasteiger partial charge in [-0.25, -0.2) is 13.4 Å². The highest BCUT2D eigenvalue weighted by Gasteiger charge is 2.33. The Kier molecular flexibility index (Phi) is 7.79. The van der Waals surface area contributed by atoms with Crippen molar-refractivity contribution in [2.24, 2.45) is 5.92 Å². The number of piperidine rings is 1. The maximum atomic E-state index is 12.8. The molecule has 1 aromatic carbocycles. The summed E-state index contributed by atoms with van der Waals surface area (Å²) in [7, 11) is -3.72. The number of carbonyl (C=O) groups is 1. The van der Waals surface area contributed by atoms with E-state index in [1.54, 1.807) is 6.07 Å². The minimum atomic E-state index is -3.72. The number of aromatic nitrogens is 1. The number of halogens is 1. The maximum absolute atomic E-state index is 12.8. The van der Waals surface area contributed by atoms with Crippen LogP contribution in [0.15, 0.2) is 47.5 Å². The molecule has 1 amide bonds. The second kappa shape index (κ2) is 10.2. The van der Waals surface area contributed by atoms with Gasteiger partial charge in [0.25, 0.3) is 0 Å². The van der Waals surface area contributed by atoms with Crippen LogP contribution in [-0.2, 0) is 20.2 Å². The van der Waals surface area contributed by atoms with Crippen LogP contribution in [0.1, 0.15) is 39.2 Å². The molecule has 0 radical (unpaired) electrons. The molecule has 9 heteroatoms. The van der Waals surface area contributed by atoms with Gasteiger partial charge in [0.15, 0.2) is 0 Å². The Morgan fingerprint density at radius 2 is 1.84 bits per heavy atom. The van der Waals surface area contributed by atoms with E-state index in [2.05, 4.69) is 43.2 Å². The van der Waals surface area contributed by atoms with Gasteiger partial charge in [0.05, 0.1) is 6.54 Å². The molecule has 1 aliphatic heterocycles. The highest BCUT2D eigenvalue weighted by molar-refractivity contribution is 7.89. The van der Waals surface area contributed by atoms with Crippen molar-refractivity contribution in [3.63, 3.8) is 0 Å². The van der Waals surface area contributed by atoms with Crippen LogP contribution < -0.4 is 10.1 Å². The van der Waals surface area contributed by atoms with E-state index in [-0.39, 0.29) is 40.4 Å². The predicted octanol–water partition coefficient (Wildman–Crippen LogP) is 3.63. The summed E-state index contributed by atoms with van der Waals surface area (Å²) in [5, 5.41) is 2.85. The summed E-state index contributed by atoms with van der Waals surface area (Å²) in [5.74, 6) is 0.463. The number of rotatable bonds is 7. The lowest BCUT2D eigenvalue weighted by atomic mass is 9.87. The molecule has 2 heterocycles. The Morgan fingerprint density at radius 1 is 1.19 bits per heavy atom. The minimum absolute atomic E-state index is 0.00255. The second-order valence-corrected chi connectivity index (χ2v) is 11.1. The number of amides is 1. The Labute approximate surface area is 195 Å². The molecule has 0 saturated carbocycles.